The van der Waals surface area contributed by atoms with Crippen LogP contribution in [0.1, 0.15) is 41.6 Å². The summed E-state index contributed by atoms with van der Waals surface area (Å²) in [6.45, 7) is 5.72. The van der Waals surface area contributed by atoms with Gasteiger partial charge in [0.05, 0.1) is 12.6 Å². The van der Waals surface area contributed by atoms with Crippen molar-refractivity contribution >= 4 is 22.8 Å². The van der Waals surface area contributed by atoms with E-state index in [2.05, 4.69) is 5.32 Å². The highest BCUT2D eigenvalue weighted by molar-refractivity contribution is 5.97. The van der Waals surface area contributed by atoms with E-state index in [1.54, 1.807) is 19.1 Å². The summed E-state index contributed by atoms with van der Waals surface area (Å²) < 4.78 is 16.2. The van der Waals surface area contributed by atoms with Crippen molar-refractivity contribution in [2.24, 2.45) is 0 Å². The average Bonchev–Trinajstić information content (AvgIpc) is 3.03. The lowest BCUT2D eigenvalue weighted by Crippen LogP contribution is -2.31. The van der Waals surface area contributed by atoms with Gasteiger partial charge in [-0.25, -0.2) is 4.79 Å². The van der Waals surface area contributed by atoms with Crippen LogP contribution in [-0.2, 0) is 9.53 Å². The predicted octanol–water partition coefficient (Wildman–Crippen LogP) is 4.17. The fourth-order valence-electron chi connectivity index (χ4n) is 2.96. The Kier molecular flexibility index (Phi) is 5.99. The first-order chi connectivity index (χ1) is 13.5. The highest BCUT2D eigenvalue weighted by Gasteiger charge is 2.21. The zero-order chi connectivity index (χ0) is 20.1. The first-order valence-electron chi connectivity index (χ1n) is 9.17. The molecule has 146 valence electrons. The third-order valence-corrected chi connectivity index (χ3v) is 4.42. The van der Waals surface area contributed by atoms with Gasteiger partial charge in [0.2, 0.25) is 5.76 Å². The zero-order valence-electron chi connectivity index (χ0n) is 16.2. The molecule has 1 N–H and O–H groups in total. The molecule has 0 saturated heterocycles. The Labute approximate surface area is 163 Å². The minimum atomic E-state index is -0.672. The van der Waals surface area contributed by atoms with Crippen molar-refractivity contribution in [3.05, 3.63) is 65.4 Å². The van der Waals surface area contributed by atoms with Crippen LogP contribution in [0.15, 0.2) is 52.9 Å². The minimum Gasteiger partial charge on any atom is -0.494 e. The van der Waals surface area contributed by atoms with Gasteiger partial charge < -0.3 is 19.2 Å². The van der Waals surface area contributed by atoms with Gasteiger partial charge in [-0.15, -0.1) is 0 Å². The monoisotopic (exact) mass is 381 g/mol. The van der Waals surface area contributed by atoms with Crippen LogP contribution in [-0.4, -0.2) is 25.1 Å². The fraction of sp³-hybridized carbons (Fsp3) is 0.273. The van der Waals surface area contributed by atoms with Crippen LogP contribution in [0.3, 0.4) is 0 Å². The summed E-state index contributed by atoms with van der Waals surface area (Å²) in [5.74, 6) is -0.257. The van der Waals surface area contributed by atoms with E-state index in [-0.39, 0.29) is 24.3 Å². The first kappa shape index (κ1) is 19.5. The summed E-state index contributed by atoms with van der Waals surface area (Å²) in [6, 6.07) is 14.7. The van der Waals surface area contributed by atoms with Gasteiger partial charge >= 0.3 is 5.97 Å². The maximum Gasteiger partial charge on any atom is 0.375 e. The molecule has 6 heteroatoms. The lowest BCUT2D eigenvalue weighted by atomic mass is 10.1. The maximum atomic E-state index is 12.4. The highest BCUT2D eigenvalue weighted by Crippen LogP contribution is 2.29. The molecule has 3 aromatic rings. The summed E-state index contributed by atoms with van der Waals surface area (Å²) in [4.78, 5) is 24.5. The highest BCUT2D eigenvalue weighted by atomic mass is 16.5. The molecule has 0 bridgehead atoms. The summed E-state index contributed by atoms with van der Waals surface area (Å²) >= 11 is 0. The van der Waals surface area contributed by atoms with Crippen LogP contribution in [0.25, 0.3) is 11.0 Å². The predicted molar refractivity (Wildman–Crippen MR) is 105 cm³/mol. The van der Waals surface area contributed by atoms with Crippen molar-refractivity contribution in [1.82, 2.24) is 5.32 Å². The first-order valence-corrected chi connectivity index (χ1v) is 9.17. The average molecular weight is 381 g/mol. The molecule has 0 spiro atoms. The second kappa shape index (κ2) is 8.61. The number of aryl methyl sites for hydroxylation is 1. The number of rotatable bonds is 7. The molecule has 1 heterocycles. The smallest absolute Gasteiger partial charge is 0.375 e. The lowest BCUT2D eigenvalue weighted by molar-refractivity contribution is -0.124. The Morgan fingerprint density at radius 2 is 1.89 bits per heavy atom. The Bertz CT molecular complexity index is 977. The third kappa shape index (κ3) is 4.34. The molecular formula is C22H23NO5. The van der Waals surface area contributed by atoms with Crippen LogP contribution in [0.5, 0.6) is 5.75 Å². The lowest BCUT2D eigenvalue weighted by Gasteiger charge is -2.14. The van der Waals surface area contributed by atoms with Crippen LogP contribution >= 0.6 is 0 Å². The number of furan rings is 1. The number of carbonyl (C=O) groups excluding carboxylic acids is 2. The van der Waals surface area contributed by atoms with Gasteiger partial charge in [0, 0.05) is 10.9 Å². The van der Waals surface area contributed by atoms with Crippen molar-refractivity contribution in [1.29, 1.82) is 0 Å². The quantitative estimate of drug-likeness (QED) is 0.622. The van der Waals surface area contributed by atoms with E-state index < -0.39 is 5.97 Å². The number of amides is 1. The van der Waals surface area contributed by atoms with E-state index in [4.69, 9.17) is 13.9 Å². The number of hydrogen-bond acceptors (Lipinski definition) is 5. The molecule has 1 atom stereocenters. The number of ether oxygens (including phenoxy) is 2. The maximum absolute atomic E-state index is 12.4. The Morgan fingerprint density at radius 1 is 1.14 bits per heavy atom. The Balaban J connectivity index is 1.63. The molecule has 0 saturated carbocycles. The summed E-state index contributed by atoms with van der Waals surface area (Å²) in [6.07, 6.45) is 0. The minimum absolute atomic E-state index is 0.0903. The van der Waals surface area contributed by atoms with Gasteiger partial charge in [-0.1, -0.05) is 30.3 Å². The number of fused-ring (bicyclic) bond motifs is 1. The van der Waals surface area contributed by atoms with E-state index in [1.165, 1.54) is 0 Å². The molecule has 0 unspecified atom stereocenters. The topological polar surface area (TPSA) is 77.8 Å². The van der Waals surface area contributed by atoms with Gasteiger partial charge in [0.1, 0.15) is 11.3 Å². The van der Waals surface area contributed by atoms with Gasteiger partial charge in [-0.3, -0.25) is 4.79 Å². The van der Waals surface area contributed by atoms with Gasteiger partial charge in [0.25, 0.3) is 5.91 Å². The van der Waals surface area contributed by atoms with Crippen molar-refractivity contribution in [2.45, 2.75) is 26.8 Å². The van der Waals surface area contributed by atoms with E-state index in [0.717, 1.165) is 10.9 Å². The summed E-state index contributed by atoms with van der Waals surface area (Å²) in [7, 11) is 0. The number of hydrogen-bond donors (Lipinski definition) is 1. The summed E-state index contributed by atoms with van der Waals surface area (Å²) in [5, 5.41) is 3.58. The van der Waals surface area contributed by atoms with Crippen molar-refractivity contribution in [2.75, 3.05) is 13.2 Å². The SMILES string of the molecule is CCOc1ccc2oc(C(=O)OCC(=O)N[C@@H](C)c3ccccc3)c(C)c2c1. The molecule has 1 aromatic heterocycles. The van der Waals surface area contributed by atoms with Gasteiger partial charge in [0.15, 0.2) is 6.61 Å². The number of esters is 1. The normalized spacial score (nSPS) is 11.8. The van der Waals surface area contributed by atoms with Crippen LogP contribution in [0.2, 0.25) is 0 Å². The van der Waals surface area contributed by atoms with Crippen molar-refractivity contribution in [3.8, 4) is 5.75 Å². The van der Waals surface area contributed by atoms with Crippen LogP contribution in [0.4, 0.5) is 0 Å². The zero-order valence-corrected chi connectivity index (χ0v) is 16.2. The van der Waals surface area contributed by atoms with Crippen molar-refractivity contribution < 1.29 is 23.5 Å². The molecule has 0 aliphatic heterocycles. The van der Waals surface area contributed by atoms with E-state index in [9.17, 15) is 9.59 Å². The molecule has 0 radical (unpaired) electrons. The number of nitrogens with one attached hydrogen (secondary N) is 1. The Morgan fingerprint density at radius 3 is 2.61 bits per heavy atom. The summed E-state index contributed by atoms with van der Waals surface area (Å²) in [5.41, 5.74) is 2.19. The molecule has 6 nitrogen and oxygen atoms in total. The third-order valence-electron chi connectivity index (χ3n) is 4.42. The molecular weight excluding hydrogens is 358 g/mol. The largest absolute Gasteiger partial charge is 0.494 e. The molecule has 0 fully saturated rings. The van der Waals surface area contributed by atoms with Crippen molar-refractivity contribution in [3.63, 3.8) is 0 Å². The van der Waals surface area contributed by atoms with E-state index in [0.29, 0.717) is 23.5 Å². The second-order valence-electron chi connectivity index (χ2n) is 6.42. The van der Waals surface area contributed by atoms with Gasteiger partial charge in [-0.05, 0) is 44.5 Å². The molecule has 28 heavy (non-hydrogen) atoms. The van der Waals surface area contributed by atoms with Crippen LogP contribution in [0, 0.1) is 6.92 Å². The second-order valence-corrected chi connectivity index (χ2v) is 6.42. The van der Waals surface area contributed by atoms with Crippen LogP contribution < -0.4 is 10.1 Å². The number of carbonyl (C=O) groups is 2. The molecule has 3 rings (SSSR count). The molecule has 0 aliphatic carbocycles. The molecule has 2 aromatic carbocycles. The van der Waals surface area contributed by atoms with Gasteiger partial charge in [-0.2, -0.15) is 0 Å². The van der Waals surface area contributed by atoms with E-state index >= 15 is 0 Å². The Hall–Kier alpha value is -3.28. The standard InChI is InChI=1S/C22H23NO5/c1-4-26-17-10-11-19-18(12-17)14(2)21(28-19)22(25)27-13-20(24)23-15(3)16-8-6-5-7-9-16/h5-12,15H,4,13H2,1-3H3,(H,23,24)/t15-/m0/s1. The molecule has 0 aliphatic rings. The number of benzene rings is 2. The van der Waals surface area contributed by atoms with E-state index in [1.807, 2.05) is 50.2 Å². The fourth-order valence-corrected chi connectivity index (χ4v) is 2.96. The molecule has 1 amide bonds.